The molecule has 4 nitrogen and oxygen atoms in total. The molecule has 6 heteroatoms. The van der Waals surface area contributed by atoms with Gasteiger partial charge in [-0.1, -0.05) is 12.1 Å². The number of rotatable bonds is 5. The second-order valence-electron chi connectivity index (χ2n) is 5.55. The standard InChI is InChI=1S/C17H17F2NO3/c1-17(2,22)11-3-6-13(7-4-11)23-10-16(21)20-12-5-8-14(18)15(19)9-12/h3-9,22H,10H2,1-2H3,(H,20,21). The van der Waals surface area contributed by atoms with Crippen molar-refractivity contribution < 1.29 is 23.4 Å². The number of hydrogen-bond acceptors (Lipinski definition) is 3. The number of carbonyl (C=O) groups is 1. The van der Waals surface area contributed by atoms with Gasteiger partial charge in [-0.3, -0.25) is 4.79 Å². The van der Waals surface area contributed by atoms with Crippen molar-refractivity contribution in [3.8, 4) is 5.75 Å². The smallest absolute Gasteiger partial charge is 0.262 e. The van der Waals surface area contributed by atoms with Crippen LogP contribution in [0.15, 0.2) is 42.5 Å². The van der Waals surface area contributed by atoms with Crippen LogP contribution in [0.2, 0.25) is 0 Å². The van der Waals surface area contributed by atoms with Gasteiger partial charge in [0.15, 0.2) is 18.2 Å². The van der Waals surface area contributed by atoms with Crippen molar-refractivity contribution in [2.24, 2.45) is 0 Å². The molecule has 0 saturated heterocycles. The average Bonchev–Trinajstić information content (AvgIpc) is 2.48. The molecule has 0 unspecified atom stereocenters. The van der Waals surface area contributed by atoms with E-state index in [1.54, 1.807) is 38.1 Å². The second-order valence-corrected chi connectivity index (χ2v) is 5.55. The molecule has 2 rings (SSSR count). The summed E-state index contributed by atoms with van der Waals surface area (Å²) in [6.07, 6.45) is 0. The van der Waals surface area contributed by atoms with Crippen molar-refractivity contribution in [3.63, 3.8) is 0 Å². The highest BCUT2D eigenvalue weighted by atomic mass is 19.2. The summed E-state index contributed by atoms with van der Waals surface area (Å²) < 4.78 is 31.1. The molecule has 0 aliphatic rings. The quantitative estimate of drug-likeness (QED) is 0.889. The van der Waals surface area contributed by atoms with Gasteiger partial charge in [0, 0.05) is 11.8 Å². The molecule has 0 bridgehead atoms. The molecule has 0 radical (unpaired) electrons. The fraction of sp³-hybridized carbons (Fsp3) is 0.235. The Kier molecular flexibility index (Phi) is 4.95. The third-order valence-corrected chi connectivity index (χ3v) is 3.13. The fourth-order valence-corrected chi connectivity index (χ4v) is 1.88. The van der Waals surface area contributed by atoms with Gasteiger partial charge in [-0.05, 0) is 43.7 Å². The summed E-state index contributed by atoms with van der Waals surface area (Å²) in [7, 11) is 0. The summed E-state index contributed by atoms with van der Waals surface area (Å²) in [5, 5.41) is 12.2. The molecule has 0 aliphatic heterocycles. The van der Waals surface area contributed by atoms with Crippen LogP contribution < -0.4 is 10.1 Å². The van der Waals surface area contributed by atoms with Crippen LogP contribution in [-0.4, -0.2) is 17.6 Å². The maximum atomic E-state index is 13.0. The Morgan fingerprint density at radius 3 is 2.35 bits per heavy atom. The normalized spacial score (nSPS) is 11.2. The molecule has 1 amide bonds. The van der Waals surface area contributed by atoms with E-state index in [2.05, 4.69) is 5.32 Å². The number of hydrogen-bond donors (Lipinski definition) is 2. The minimum atomic E-state index is -1.04. The van der Waals surface area contributed by atoms with Crippen molar-refractivity contribution in [2.45, 2.75) is 19.4 Å². The molecule has 0 heterocycles. The molecule has 0 spiro atoms. The van der Waals surface area contributed by atoms with Gasteiger partial charge in [0.1, 0.15) is 5.75 Å². The average molecular weight is 321 g/mol. The van der Waals surface area contributed by atoms with E-state index in [0.717, 1.165) is 17.7 Å². The third kappa shape index (κ3) is 4.75. The van der Waals surface area contributed by atoms with Gasteiger partial charge in [0.2, 0.25) is 0 Å². The molecular weight excluding hydrogens is 304 g/mol. The van der Waals surface area contributed by atoms with E-state index in [1.807, 2.05) is 0 Å². The first-order chi connectivity index (χ1) is 10.8. The molecule has 2 aromatic carbocycles. The number of ether oxygens (including phenoxy) is 1. The summed E-state index contributed by atoms with van der Waals surface area (Å²) in [6.45, 7) is 3.05. The first-order valence-corrected chi connectivity index (χ1v) is 6.96. The molecule has 0 fully saturated rings. The third-order valence-electron chi connectivity index (χ3n) is 3.13. The van der Waals surface area contributed by atoms with Crippen molar-refractivity contribution in [2.75, 3.05) is 11.9 Å². The molecule has 2 aromatic rings. The Morgan fingerprint density at radius 1 is 1.13 bits per heavy atom. The maximum Gasteiger partial charge on any atom is 0.262 e. The summed E-state index contributed by atoms with van der Waals surface area (Å²) in [4.78, 5) is 11.7. The summed E-state index contributed by atoms with van der Waals surface area (Å²) in [6, 6.07) is 9.75. The van der Waals surface area contributed by atoms with Gasteiger partial charge in [-0.2, -0.15) is 0 Å². The Labute approximate surface area is 132 Å². The van der Waals surface area contributed by atoms with Gasteiger partial charge >= 0.3 is 0 Å². The molecular formula is C17H17F2NO3. The summed E-state index contributed by atoms with van der Waals surface area (Å²) >= 11 is 0. The Morgan fingerprint density at radius 2 is 1.78 bits per heavy atom. The van der Waals surface area contributed by atoms with Crippen molar-refractivity contribution >= 4 is 11.6 Å². The fourth-order valence-electron chi connectivity index (χ4n) is 1.88. The summed E-state index contributed by atoms with van der Waals surface area (Å²) in [5.41, 5.74) is -0.0892. The first-order valence-electron chi connectivity index (χ1n) is 6.96. The van der Waals surface area contributed by atoms with Crippen molar-refractivity contribution in [1.29, 1.82) is 0 Å². The van der Waals surface area contributed by atoms with Crippen LogP contribution in [0.3, 0.4) is 0 Å². The molecule has 0 aliphatic carbocycles. The van der Waals surface area contributed by atoms with Gasteiger partial charge in [-0.15, -0.1) is 0 Å². The Balaban J connectivity index is 1.90. The predicted octanol–water partition coefficient (Wildman–Crippen LogP) is 3.21. The molecule has 0 aromatic heterocycles. The zero-order chi connectivity index (χ0) is 17.0. The van der Waals surface area contributed by atoms with Crippen molar-refractivity contribution in [1.82, 2.24) is 0 Å². The minimum Gasteiger partial charge on any atom is -0.484 e. The lowest BCUT2D eigenvalue weighted by Crippen LogP contribution is -2.20. The lowest BCUT2D eigenvalue weighted by Gasteiger charge is -2.17. The predicted molar refractivity (Wildman–Crippen MR) is 82.2 cm³/mol. The van der Waals surface area contributed by atoms with E-state index in [-0.39, 0.29) is 12.3 Å². The Bertz CT molecular complexity index is 694. The number of anilines is 1. The SMILES string of the molecule is CC(C)(O)c1ccc(OCC(=O)Nc2ccc(F)c(F)c2)cc1. The highest BCUT2D eigenvalue weighted by Gasteiger charge is 2.15. The second kappa shape index (κ2) is 6.75. The van der Waals surface area contributed by atoms with E-state index in [4.69, 9.17) is 4.74 Å². The number of nitrogens with one attached hydrogen (secondary N) is 1. The first kappa shape index (κ1) is 16.9. The van der Waals surface area contributed by atoms with Gasteiger partial charge in [0.25, 0.3) is 5.91 Å². The largest absolute Gasteiger partial charge is 0.484 e. The van der Waals surface area contributed by atoms with E-state index < -0.39 is 23.1 Å². The van der Waals surface area contributed by atoms with Crippen LogP contribution in [0.1, 0.15) is 19.4 Å². The van der Waals surface area contributed by atoms with Gasteiger partial charge in [-0.25, -0.2) is 8.78 Å². The number of carbonyl (C=O) groups excluding carboxylic acids is 1. The number of benzene rings is 2. The number of halogens is 2. The van der Waals surface area contributed by atoms with E-state index in [0.29, 0.717) is 5.75 Å². The molecule has 2 N–H and O–H groups in total. The van der Waals surface area contributed by atoms with Crippen LogP contribution >= 0.6 is 0 Å². The molecule has 122 valence electrons. The highest BCUT2D eigenvalue weighted by Crippen LogP contribution is 2.22. The van der Waals surface area contributed by atoms with Crippen LogP contribution in [0.25, 0.3) is 0 Å². The van der Waals surface area contributed by atoms with E-state index in [1.165, 1.54) is 6.07 Å². The van der Waals surface area contributed by atoms with Crippen LogP contribution in [0, 0.1) is 11.6 Å². The van der Waals surface area contributed by atoms with Crippen LogP contribution in [0.5, 0.6) is 5.75 Å². The summed E-state index contributed by atoms with van der Waals surface area (Å²) in [5.74, 6) is -2.06. The number of amides is 1. The van der Waals surface area contributed by atoms with E-state index >= 15 is 0 Å². The highest BCUT2D eigenvalue weighted by molar-refractivity contribution is 5.91. The zero-order valence-corrected chi connectivity index (χ0v) is 12.8. The zero-order valence-electron chi connectivity index (χ0n) is 12.8. The van der Waals surface area contributed by atoms with E-state index in [9.17, 15) is 18.7 Å². The lowest BCUT2D eigenvalue weighted by atomic mass is 9.99. The van der Waals surface area contributed by atoms with Gasteiger partial charge < -0.3 is 15.2 Å². The van der Waals surface area contributed by atoms with Gasteiger partial charge in [0.05, 0.1) is 5.60 Å². The molecule has 0 atom stereocenters. The maximum absolute atomic E-state index is 13.0. The van der Waals surface area contributed by atoms with Crippen LogP contribution in [0.4, 0.5) is 14.5 Å². The topological polar surface area (TPSA) is 58.6 Å². The minimum absolute atomic E-state index is 0.148. The number of aliphatic hydroxyl groups is 1. The Hall–Kier alpha value is -2.47. The van der Waals surface area contributed by atoms with Crippen molar-refractivity contribution in [3.05, 3.63) is 59.7 Å². The van der Waals surface area contributed by atoms with Crippen LogP contribution in [-0.2, 0) is 10.4 Å². The molecule has 23 heavy (non-hydrogen) atoms. The monoisotopic (exact) mass is 321 g/mol. The molecule has 0 saturated carbocycles. The lowest BCUT2D eigenvalue weighted by molar-refractivity contribution is -0.118.